The summed E-state index contributed by atoms with van der Waals surface area (Å²) >= 11 is 0. The van der Waals surface area contributed by atoms with E-state index < -0.39 is 0 Å². The second-order valence-corrected chi connectivity index (χ2v) is 6.13. The van der Waals surface area contributed by atoms with Gasteiger partial charge in [0, 0.05) is 31.7 Å². The van der Waals surface area contributed by atoms with Crippen LogP contribution in [0.4, 0.5) is 0 Å². The summed E-state index contributed by atoms with van der Waals surface area (Å²) in [4.78, 5) is 2.77. The highest BCUT2D eigenvalue weighted by Crippen LogP contribution is 2.29. The van der Waals surface area contributed by atoms with Crippen LogP contribution < -0.4 is 5.32 Å². The summed E-state index contributed by atoms with van der Waals surface area (Å²) in [6, 6.07) is 1.58. The highest BCUT2D eigenvalue weighted by atomic mass is 15.2. The lowest BCUT2D eigenvalue weighted by molar-refractivity contribution is 0.0718. The maximum Gasteiger partial charge on any atom is 0.0218 e. The first-order valence-electron chi connectivity index (χ1n) is 7.16. The van der Waals surface area contributed by atoms with Gasteiger partial charge in [0.1, 0.15) is 0 Å². The Bertz CT molecular complexity index is 215. The van der Waals surface area contributed by atoms with Crippen LogP contribution in [0.2, 0.25) is 0 Å². The van der Waals surface area contributed by atoms with E-state index in [1.807, 2.05) is 0 Å². The Balaban J connectivity index is 1.92. The van der Waals surface area contributed by atoms with Crippen molar-refractivity contribution in [2.45, 2.75) is 58.5 Å². The summed E-state index contributed by atoms with van der Waals surface area (Å²) in [7, 11) is 0. The molecular formula is C14H28N2. The van der Waals surface area contributed by atoms with Crippen molar-refractivity contribution in [1.29, 1.82) is 0 Å². The van der Waals surface area contributed by atoms with Crippen molar-refractivity contribution in [3.8, 4) is 0 Å². The van der Waals surface area contributed by atoms with E-state index in [2.05, 4.69) is 31.0 Å². The molecule has 3 unspecified atom stereocenters. The van der Waals surface area contributed by atoms with Crippen molar-refractivity contribution in [1.82, 2.24) is 10.2 Å². The first kappa shape index (κ1) is 12.4. The molecule has 2 fully saturated rings. The van der Waals surface area contributed by atoms with Gasteiger partial charge >= 0.3 is 0 Å². The second-order valence-electron chi connectivity index (χ2n) is 6.13. The Morgan fingerprint density at radius 2 is 1.94 bits per heavy atom. The Hall–Kier alpha value is -0.0800. The van der Waals surface area contributed by atoms with Gasteiger partial charge in [-0.3, -0.25) is 4.90 Å². The number of nitrogens with zero attached hydrogens (tertiary/aromatic N) is 1. The molecule has 1 heterocycles. The summed E-state index contributed by atoms with van der Waals surface area (Å²) in [6.45, 7) is 10.9. The Kier molecular flexibility index (Phi) is 4.26. The lowest BCUT2D eigenvalue weighted by Crippen LogP contribution is -2.57. The molecule has 0 aromatic heterocycles. The van der Waals surface area contributed by atoms with Crippen LogP contribution in [0.1, 0.15) is 46.5 Å². The zero-order valence-electron chi connectivity index (χ0n) is 11.2. The van der Waals surface area contributed by atoms with Gasteiger partial charge in [0.05, 0.1) is 0 Å². The lowest BCUT2D eigenvalue weighted by Gasteiger charge is -2.44. The number of piperazine rings is 1. The molecule has 1 aliphatic heterocycles. The van der Waals surface area contributed by atoms with Crippen molar-refractivity contribution in [3.05, 3.63) is 0 Å². The van der Waals surface area contributed by atoms with E-state index in [0.29, 0.717) is 6.04 Å². The molecule has 0 amide bonds. The Morgan fingerprint density at radius 3 is 2.62 bits per heavy atom. The second kappa shape index (κ2) is 5.50. The highest BCUT2D eigenvalue weighted by molar-refractivity contribution is 4.88. The highest BCUT2D eigenvalue weighted by Gasteiger charge is 2.31. The van der Waals surface area contributed by atoms with Crippen LogP contribution in [0, 0.1) is 11.8 Å². The van der Waals surface area contributed by atoms with Crippen molar-refractivity contribution in [2.75, 3.05) is 19.6 Å². The van der Waals surface area contributed by atoms with E-state index in [1.165, 1.54) is 45.3 Å². The molecule has 2 nitrogen and oxygen atoms in total. The molecule has 1 aliphatic carbocycles. The standard InChI is InChI=1S/C14H28N2/c1-11(2)13-10-16(9-8-15-13)14-7-5-4-6-12(14)3/h11-15H,4-10H2,1-3H3. The van der Waals surface area contributed by atoms with Crippen molar-refractivity contribution < 1.29 is 0 Å². The molecule has 0 radical (unpaired) electrons. The third-order valence-corrected chi connectivity index (χ3v) is 4.58. The Morgan fingerprint density at radius 1 is 1.19 bits per heavy atom. The quantitative estimate of drug-likeness (QED) is 0.775. The minimum atomic E-state index is 0.711. The number of rotatable bonds is 2. The van der Waals surface area contributed by atoms with Gasteiger partial charge in [-0.25, -0.2) is 0 Å². The lowest BCUT2D eigenvalue weighted by atomic mass is 9.84. The molecule has 0 bridgehead atoms. The maximum atomic E-state index is 3.66. The van der Waals surface area contributed by atoms with Crippen LogP contribution in [-0.4, -0.2) is 36.6 Å². The maximum absolute atomic E-state index is 3.66. The van der Waals surface area contributed by atoms with Crippen LogP contribution in [0.3, 0.4) is 0 Å². The summed E-state index contributed by atoms with van der Waals surface area (Å²) in [5.41, 5.74) is 0. The topological polar surface area (TPSA) is 15.3 Å². The van der Waals surface area contributed by atoms with Gasteiger partial charge in [0.25, 0.3) is 0 Å². The first-order valence-corrected chi connectivity index (χ1v) is 7.16. The predicted octanol–water partition coefficient (Wildman–Crippen LogP) is 2.49. The van der Waals surface area contributed by atoms with E-state index in [1.54, 1.807) is 0 Å². The third kappa shape index (κ3) is 2.78. The molecule has 16 heavy (non-hydrogen) atoms. The molecule has 1 saturated heterocycles. The summed E-state index contributed by atoms with van der Waals surface area (Å²) < 4.78 is 0. The van der Waals surface area contributed by atoms with Crippen LogP contribution in [0.25, 0.3) is 0 Å². The summed E-state index contributed by atoms with van der Waals surface area (Å²) in [5.74, 6) is 1.68. The van der Waals surface area contributed by atoms with Gasteiger partial charge in [0.15, 0.2) is 0 Å². The van der Waals surface area contributed by atoms with Gasteiger partial charge < -0.3 is 5.32 Å². The van der Waals surface area contributed by atoms with Crippen LogP contribution in [-0.2, 0) is 0 Å². The van der Waals surface area contributed by atoms with Crippen LogP contribution in [0.5, 0.6) is 0 Å². The fourth-order valence-corrected chi connectivity index (χ4v) is 3.39. The van der Waals surface area contributed by atoms with Crippen molar-refractivity contribution in [2.24, 2.45) is 11.8 Å². The molecule has 2 aliphatic rings. The average Bonchev–Trinajstić information content (AvgIpc) is 2.30. The van der Waals surface area contributed by atoms with Gasteiger partial charge in [-0.15, -0.1) is 0 Å². The van der Waals surface area contributed by atoms with Crippen molar-refractivity contribution in [3.63, 3.8) is 0 Å². The van der Waals surface area contributed by atoms with E-state index in [0.717, 1.165) is 17.9 Å². The normalized spacial score (nSPS) is 37.9. The molecule has 0 aromatic carbocycles. The Labute approximate surface area is 101 Å². The van der Waals surface area contributed by atoms with Gasteiger partial charge in [-0.1, -0.05) is 33.6 Å². The monoisotopic (exact) mass is 224 g/mol. The van der Waals surface area contributed by atoms with Gasteiger partial charge in [0.2, 0.25) is 0 Å². The summed E-state index contributed by atoms with van der Waals surface area (Å²) in [6.07, 6.45) is 5.79. The molecule has 2 rings (SSSR count). The molecule has 0 spiro atoms. The van der Waals surface area contributed by atoms with E-state index in [9.17, 15) is 0 Å². The molecule has 0 aromatic rings. The molecular weight excluding hydrogens is 196 g/mol. The fourth-order valence-electron chi connectivity index (χ4n) is 3.39. The SMILES string of the molecule is CC(C)C1CN(C2CCCCC2C)CCN1. The fraction of sp³-hybridized carbons (Fsp3) is 1.00. The average molecular weight is 224 g/mol. The molecule has 2 heteroatoms. The third-order valence-electron chi connectivity index (χ3n) is 4.58. The largest absolute Gasteiger partial charge is 0.311 e. The van der Waals surface area contributed by atoms with Crippen molar-refractivity contribution >= 4 is 0 Å². The molecule has 1 saturated carbocycles. The summed E-state index contributed by atoms with van der Waals surface area (Å²) in [5, 5.41) is 3.66. The number of nitrogens with one attached hydrogen (secondary N) is 1. The van der Waals surface area contributed by atoms with E-state index in [4.69, 9.17) is 0 Å². The van der Waals surface area contributed by atoms with Crippen LogP contribution >= 0.6 is 0 Å². The number of hydrogen-bond donors (Lipinski definition) is 1. The minimum Gasteiger partial charge on any atom is -0.311 e. The number of hydrogen-bond acceptors (Lipinski definition) is 2. The first-order chi connectivity index (χ1) is 7.68. The van der Waals surface area contributed by atoms with E-state index in [-0.39, 0.29) is 0 Å². The predicted molar refractivity (Wildman–Crippen MR) is 69.6 cm³/mol. The molecule has 3 atom stereocenters. The molecule has 94 valence electrons. The van der Waals surface area contributed by atoms with Gasteiger partial charge in [-0.2, -0.15) is 0 Å². The van der Waals surface area contributed by atoms with E-state index >= 15 is 0 Å². The molecule has 1 N–H and O–H groups in total. The zero-order valence-corrected chi connectivity index (χ0v) is 11.2. The minimum absolute atomic E-state index is 0.711. The zero-order chi connectivity index (χ0) is 11.5. The van der Waals surface area contributed by atoms with Crippen LogP contribution in [0.15, 0.2) is 0 Å². The smallest absolute Gasteiger partial charge is 0.0218 e. The van der Waals surface area contributed by atoms with Gasteiger partial charge in [-0.05, 0) is 24.7 Å².